The van der Waals surface area contributed by atoms with Gasteiger partial charge in [0.1, 0.15) is 6.04 Å². The molecule has 0 bridgehead atoms. The first-order chi connectivity index (χ1) is 4.57. The normalized spacial score (nSPS) is 13.7. The lowest BCUT2D eigenvalue weighted by Crippen LogP contribution is -2.65. The second kappa shape index (κ2) is 4.69. The van der Waals surface area contributed by atoms with Gasteiger partial charge in [-0.15, -0.1) is 11.6 Å². The van der Waals surface area contributed by atoms with E-state index in [1.807, 2.05) is 0 Å². The maximum atomic E-state index is 10.9. The maximum absolute atomic E-state index is 10.9. The van der Waals surface area contributed by atoms with Crippen molar-refractivity contribution in [2.45, 2.75) is 26.3 Å². The van der Waals surface area contributed by atoms with Crippen LogP contribution < -0.4 is 5.73 Å². The molecule has 0 unspecified atom stereocenters. The SMILES string of the molecule is CC(C)C[C@H]([NH3+])C(=O)CCl. The van der Waals surface area contributed by atoms with E-state index in [0.29, 0.717) is 5.92 Å². The average Bonchev–Trinajstić information content (AvgIpc) is 1.85. The Kier molecular flexibility index (Phi) is 4.65. The second-order valence-corrected chi connectivity index (χ2v) is 3.19. The maximum Gasteiger partial charge on any atom is 0.204 e. The number of rotatable bonds is 4. The Morgan fingerprint density at radius 1 is 1.60 bits per heavy atom. The van der Waals surface area contributed by atoms with Gasteiger partial charge >= 0.3 is 0 Å². The van der Waals surface area contributed by atoms with Gasteiger partial charge in [0.15, 0.2) is 0 Å². The van der Waals surface area contributed by atoms with Crippen molar-refractivity contribution in [1.29, 1.82) is 0 Å². The molecule has 60 valence electrons. The fraction of sp³-hybridized carbons (Fsp3) is 0.857. The van der Waals surface area contributed by atoms with Gasteiger partial charge < -0.3 is 5.73 Å². The zero-order valence-corrected chi connectivity index (χ0v) is 7.32. The van der Waals surface area contributed by atoms with Crippen LogP contribution in [0.15, 0.2) is 0 Å². The number of halogens is 1. The molecule has 0 aliphatic heterocycles. The molecule has 0 spiro atoms. The molecule has 0 fully saturated rings. The zero-order chi connectivity index (χ0) is 8.15. The molecule has 0 rings (SSSR count). The minimum Gasteiger partial charge on any atom is -0.349 e. The van der Waals surface area contributed by atoms with Crippen molar-refractivity contribution in [3.8, 4) is 0 Å². The van der Waals surface area contributed by atoms with Crippen molar-refractivity contribution in [2.75, 3.05) is 5.88 Å². The summed E-state index contributed by atoms with van der Waals surface area (Å²) in [6, 6.07) is -0.113. The van der Waals surface area contributed by atoms with Crippen LogP contribution in [0.2, 0.25) is 0 Å². The first-order valence-corrected chi connectivity index (χ1v) is 4.03. The van der Waals surface area contributed by atoms with E-state index in [-0.39, 0.29) is 17.7 Å². The monoisotopic (exact) mass is 164 g/mol. The van der Waals surface area contributed by atoms with Crippen molar-refractivity contribution in [3.05, 3.63) is 0 Å². The van der Waals surface area contributed by atoms with Crippen LogP contribution in [-0.2, 0) is 4.79 Å². The van der Waals surface area contributed by atoms with Gasteiger partial charge in [0.25, 0.3) is 0 Å². The van der Waals surface area contributed by atoms with Crippen LogP contribution in [-0.4, -0.2) is 17.7 Å². The molecule has 0 aromatic heterocycles. The standard InChI is InChI=1S/C7H14ClNO/c1-5(2)3-6(9)7(10)4-8/h5-6H,3-4,9H2,1-2H3/p+1/t6-/m0/s1. The summed E-state index contributed by atoms with van der Waals surface area (Å²) >= 11 is 5.34. The number of hydrogen-bond donors (Lipinski definition) is 1. The fourth-order valence-corrected chi connectivity index (χ4v) is 1.03. The number of ketones is 1. The number of hydrogen-bond acceptors (Lipinski definition) is 1. The largest absolute Gasteiger partial charge is 0.349 e. The Bertz CT molecular complexity index is 114. The summed E-state index contributed by atoms with van der Waals surface area (Å²) in [5, 5.41) is 0. The van der Waals surface area contributed by atoms with Gasteiger partial charge in [0.05, 0.1) is 5.88 Å². The van der Waals surface area contributed by atoms with E-state index in [0.717, 1.165) is 6.42 Å². The number of alkyl halides is 1. The van der Waals surface area contributed by atoms with Gasteiger partial charge in [-0.25, -0.2) is 0 Å². The Morgan fingerprint density at radius 3 is 2.40 bits per heavy atom. The average molecular weight is 165 g/mol. The summed E-state index contributed by atoms with van der Waals surface area (Å²) in [6.45, 7) is 4.14. The highest BCUT2D eigenvalue weighted by Gasteiger charge is 2.16. The minimum absolute atomic E-state index is 0.0513. The van der Waals surface area contributed by atoms with Crippen molar-refractivity contribution >= 4 is 17.4 Å². The summed E-state index contributed by atoms with van der Waals surface area (Å²) in [5.74, 6) is 0.672. The van der Waals surface area contributed by atoms with Crippen LogP contribution in [0.4, 0.5) is 0 Å². The molecular weight excluding hydrogens is 150 g/mol. The summed E-state index contributed by atoms with van der Waals surface area (Å²) < 4.78 is 0. The van der Waals surface area contributed by atoms with Crippen LogP contribution >= 0.6 is 11.6 Å². The van der Waals surface area contributed by atoms with E-state index < -0.39 is 0 Å². The lowest BCUT2D eigenvalue weighted by Gasteiger charge is -2.07. The van der Waals surface area contributed by atoms with Crippen LogP contribution in [0.3, 0.4) is 0 Å². The van der Waals surface area contributed by atoms with E-state index in [1.165, 1.54) is 0 Å². The second-order valence-electron chi connectivity index (χ2n) is 2.93. The first-order valence-electron chi connectivity index (χ1n) is 3.49. The zero-order valence-electron chi connectivity index (χ0n) is 6.56. The predicted octanol–water partition coefficient (Wildman–Crippen LogP) is 0.451. The Balaban J connectivity index is 3.61. The van der Waals surface area contributed by atoms with Gasteiger partial charge in [-0.3, -0.25) is 4.79 Å². The molecule has 0 aromatic carbocycles. The summed E-state index contributed by atoms with van der Waals surface area (Å²) in [7, 11) is 0. The summed E-state index contributed by atoms with van der Waals surface area (Å²) in [6.07, 6.45) is 0.839. The molecule has 0 heterocycles. The van der Waals surface area contributed by atoms with Crippen LogP contribution in [0.25, 0.3) is 0 Å². The van der Waals surface area contributed by atoms with Crippen molar-refractivity contribution in [3.63, 3.8) is 0 Å². The molecule has 0 aliphatic carbocycles. The third-order valence-electron chi connectivity index (χ3n) is 1.34. The van der Waals surface area contributed by atoms with Crippen LogP contribution in [0.1, 0.15) is 20.3 Å². The molecule has 0 radical (unpaired) electrons. The molecule has 3 heteroatoms. The van der Waals surface area contributed by atoms with E-state index in [4.69, 9.17) is 11.6 Å². The van der Waals surface area contributed by atoms with E-state index in [1.54, 1.807) is 0 Å². The molecule has 3 N–H and O–H groups in total. The molecule has 1 atom stereocenters. The number of quaternary nitrogens is 1. The van der Waals surface area contributed by atoms with Gasteiger partial charge in [0, 0.05) is 6.42 Å². The minimum atomic E-state index is -0.113. The van der Waals surface area contributed by atoms with Crippen molar-refractivity contribution < 1.29 is 10.5 Å². The molecule has 0 aliphatic rings. The highest BCUT2D eigenvalue weighted by molar-refractivity contribution is 6.28. The lowest BCUT2D eigenvalue weighted by molar-refractivity contribution is -0.405. The van der Waals surface area contributed by atoms with E-state index >= 15 is 0 Å². The van der Waals surface area contributed by atoms with E-state index in [9.17, 15) is 4.79 Å². The van der Waals surface area contributed by atoms with Crippen molar-refractivity contribution in [1.82, 2.24) is 0 Å². The number of carbonyl (C=O) groups is 1. The molecule has 2 nitrogen and oxygen atoms in total. The highest BCUT2D eigenvalue weighted by atomic mass is 35.5. The molecule has 0 amide bonds. The predicted molar refractivity (Wildman–Crippen MR) is 41.9 cm³/mol. The fourth-order valence-electron chi connectivity index (χ4n) is 0.810. The number of Topliss-reactive ketones (excluding diaryl/α,β-unsaturated/α-hetero) is 1. The van der Waals surface area contributed by atoms with Gasteiger partial charge in [-0.1, -0.05) is 13.8 Å². The Hall–Kier alpha value is -0.0800. The molecule has 0 saturated carbocycles. The Morgan fingerprint density at radius 2 is 2.10 bits per heavy atom. The van der Waals surface area contributed by atoms with Gasteiger partial charge in [-0.05, 0) is 5.92 Å². The van der Waals surface area contributed by atoms with Gasteiger partial charge in [0.2, 0.25) is 5.78 Å². The van der Waals surface area contributed by atoms with Gasteiger partial charge in [-0.2, -0.15) is 0 Å². The smallest absolute Gasteiger partial charge is 0.204 e. The molecule has 10 heavy (non-hydrogen) atoms. The lowest BCUT2D eigenvalue weighted by atomic mass is 10.0. The third kappa shape index (κ3) is 3.85. The molecule has 0 aromatic rings. The number of carbonyl (C=O) groups excluding carboxylic acids is 1. The van der Waals surface area contributed by atoms with Crippen molar-refractivity contribution in [2.24, 2.45) is 5.92 Å². The topological polar surface area (TPSA) is 44.7 Å². The Labute approximate surface area is 66.7 Å². The van der Waals surface area contributed by atoms with Crippen LogP contribution in [0.5, 0.6) is 0 Å². The van der Waals surface area contributed by atoms with E-state index in [2.05, 4.69) is 19.6 Å². The third-order valence-corrected chi connectivity index (χ3v) is 1.61. The van der Waals surface area contributed by atoms with Crippen LogP contribution in [0, 0.1) is 5.92 Å². The quantitative estimate of drug-likeness (QED) is 0.603. The first kappa shape index (κ1) is 9.92. The molecular formula is C7H15ClNO+. The highest BCUT2D eigenvalue weighted by Crippen LogP contribution is 2.02. The summed E-state index contributed by atoms with van der Waals surface area (Å²) in [4.78, 5) is 10.9. The molecule has 0 saturated heterocycles. The summed E-state index contributed by atoms with van der Waals surface area (Å²) in [5.41, 5.74) is 3.71.